The normalized spacial score (nSPS) is 12.0. The van der Waals surface area contributed by atoms with Gasteiger partial charge in [-0.1, -0.05) is 54.6 Å². The molecule has 30 heavy (non-hydrogen) atoms. The van der Waals surface area contributed by atoms with Gasteiger partial charge in [0.05, 0.1) is 22.1 Å². The van der Waals surface area contributed by atoms with E-state index in [2.05, 4.69) is 95.6 Å². The maximum atomic E-state index is 4.99. The Balaban J connectivity index is 1.55. The molecule has 140 valence electrons. The summed E-state index contributed by atoms with van der Waals surface area (Å²) in [7, 11) is 0. The predicted octanol–water partition coefficient (Wildman–Crippen LogP) is 7.09. The SMILES string of the molecule is c1ccc2c(c1)sc1nc3cc(-n4c5ccccc5c5ccccc54)ccc3nc12. The first-order valence-electron chi connectivity index (χ1n) is 9.94. The number of hydrogen-bond donors (Lipinski definition) is 0. The highest BCUT2D eigenvalue weighted by Crippen LogP contribution is 2.35. The van der Waals surface area contributed by atoms with E-state index in [0.29, 0.717) is 0 Å². The fourth-order valence-electron chi connectivity index (χ4n) is 4.47. The van der Waals surface area contributed by atoms with E-state index in [-0.39, 0.29) is 0 Å². The van der Waals surface area contributed by atoms with E-state index in [4.69, 9.17) is 9.97 Å². The highest BCUT2D eigenvalue weighted by molar-refractivity contribution is 7.25. The van der Waals surface area contributed by atoms with Gasteiger partial charge in [0, 0.05) is 26.5 Å². The molecule has 0 spiro atoms. The summed E-state index contributed by atoms with van der Waals surface area (Å²) < 4.78 is 3.55. The quantitative estimate of drug-likeness (QED) is 0.294. The molecule has 0 aliphatic rings. The lowest BCUT2D eigenvalue weighted by atomic mass is 10.2. The summed E-state index contributed by atoms with van der Waals surface area (Å²) in [6, 6.07) is 31.9. The lowest BCUT2D eigenvalue weighted by Gasteiger charge is -2.08. The number of aromatic nitrogens is 3. The molecular weight excluding hydrogens is 386 g/mol. The Labute approximate surface area is 175 Å². The molecule has 7 aromatic rings. The summed E-state index contributed by atoms with van der Waals surface area (Å²) in [6.45, 7) is 0. The van der Waals surface area contributed by atoms with Crippen LogP contribution in [-0.2, 0) is 0 Å². The summed E-state index contributed by atoms with van der Waals surface area (Å²) >= 11 is 1.70. The van der Waals surface area contributed by atoms with Gasteiger partial charge in [0.25, 0.3) is 0 Å². The molecule has 0 bridgehead atoms. The second-order valence-electron chi connectivity index (χ2n) is 7.52. The monoisotopic (exact) mass is 401 g/mol. The number of nitrogens with zero attached hydrogens (tertiary/aromatic N) is 3. The first kappa shape index (κ1) is 16.1. The van der Waals surface area contributed by atoms with Crippen molar-refractivity contribution in [3.05, 3.63) is 91.0 Å². The third kappa shape index (κ3) is 2.14. The zero-order chi connectivity index (χ0) is 19.7. The zero-order valence-corrected chi connectivity index (χ0v) is 16.7. The number of fused-ring (bicyclic) bond motifs is 7. The summed E-state index contributed by atoms with van der Waals surface area (Å²) in [6.07, 6.45) is 0. The van der Waals surface area contributed by atoms with Crippen LogP contribution in [0.1, 0.15) is 0 Å². The van der Waals surface area contributed by atoms with Gasteiger partial charge in [-0.25, -0.2) is 9.97 Å². The summed E-state index contributed by atoms with van der Waals surface area (Å²) in [4.78, 5) is 10.9. The van der Waals surface area contributed by atoms with Crippen LogP contribution in [0.2, 0.25) is 0 Å². The van der Waals surface area contributed by atoms with Crippen molar-refractivity contribution in [1.82, 2.24) is 14.5 Å². The Morgan fingerprint density at radius 1 is 0.600 bits per heavy atom. The average molecular weight is 401 g/mol. The van der Waals surface area contributed by atoms with Gasteiger partial charge in [-0.2, -0.15) is 0 Å². The second kappa shape index (κ2) is 5.88. The van der Waals surface area contributed by atoms with Crippen molar-refractivity contribution in [3.8, 4) is 5.69 Å². The van der Waals surface area contributed by atoms with Gasteiger partial charge in [0.1, 0.15) is 10.3 Å². The van der Waals surface area contributed by atoms with E-state index in [1.165, 1.54) is 31.9 Å². The van der Waals surface area contributed by atoms with Crippen molar-refractivity contribution in [2.75, 3.05) is 0 Å². The second-order valence-corrected chi connectivity index (χ2v) is 8.55. The highest BCUT2D eigenvalue weighted by atomic mass is 32.1. The van der Waals surface area contributed by atoms with Crippen LogP contribution in [0.15, 0.2) is 91.0 Å². The Kier molecular flexibility index (Phi) is 3.15. The standard InChI is InChI=1S/C26H15N3S/c1-4-10-22-17(7-1)18-8-2-5-11-23(18)29(22)16-13-14-20-21(15-16)28-26-25(27-20)19-9-3-6-12-24(19)30-26/h1-15H. The van der Waals surface area contributed by atoms with Crippen molar-refractivity contribution in [2.24, 2.45) is 0 Å². The summed E-state index contributed by atoms with van der Waals surface area (Å²) in [5.41, 5.74) is 6.36. The first-order chi connectivity index (χ1) is 14.9. The highest BCUT2D eigenvalue weighted by Gasteiger charge is 2.13. The lowest BCUT2D eigenvalue weighted by Crippen LogP contribution is -1.95. The number of rotatable bonds is 1. The van der Waals surface area contributed by atoms with Crippen molar-refractivity contribution < 1.29 is 0 Å². The van der Waals surface area contributed by atoms with Gasteiger partial charge in [-0.15, -0.1) is 11.3 Å². The zero-order valence-electron chi connectivity index (χ0n) is 15.9. The third-order valence-electron chi connectivity index (χ3n) is 5.80. The molecule has 0 saturated heterocycles. The van der Waals surface area contributed by atoms with Crippen LogP contribution in [-0.4, -0.2) is 14.5 Å². The number of para-hydroxylation sites is 2. The molecule has 3 nitrogen and oxygen atoms in total. The molecule has 7 rings (SSSR count). The molecule has 0 radical (unpaired) electrons. The third-order valence-corrected chi connectivity index (χ3v) is 6.86. The molecule has 0 fully saturated rings. The topological polar surface area (TPSA) is 30.7 Å². The van der Waals surface area contributed by atoms with Crippen LogP contribution in [0.25, 0.3) is 59.0 Å². The van der Waals surface area contributed by atoms with Gasteiger partial charge < -0.3 is 4.57 Å². The first-order valence-corrected chi connectivity index (χ1v) is 10.8. The van der Waals surface area contributed by atoms with Crippen LogP contribution >= 0.6 is 11.3 Å². The Morgan fingerprint density at radius 2 is 1.27 bits per heavy atom. The van der Waals surface area contributed by atoms with Gasteiger partial charge in [0.2, 0.25) is 0 Å². The molecule has 4 aromatic carbocycles. The van der Waals surface area contributed by atoms with Gasteiger partial charge >= 0.3 is 0 Å². The Bertz CT molecular complexity index is 1700. The van der Waals surface area contributed by atoms with E-state index >= 15 is 0 Å². The minimum Gasteiger partial charge on any atom is -0.309 e. The molecule has 0 atom stereocenters. The Morgan fingerprint density at radius 3 is 2.03 bits per heavy atom. The van der Waals surface area contributed by atoms with E-state index in [1.807, 2.05) is 0 Å². The maximum Gasteiger partial charge on any atom is 0.143 e. The van der Waals surface area contributed by atoms with Gasteiger partial charge in [-0.3, -0.25) is 0 Å². The molecule has 0 N–H and O–H groups in total. The molecule has 4 heteroatoms. The summed E-state index contributed by atoms with van der Waals surface area (Å²) in [5.74, 6) is 0. The summed E-state index contributed by atoms with van der Waals surface area (Å²) in [5, 5.41) is 3.71. The molecule has 0 aliphatic carbocycles. The van der Waals surface area contributed by atoms with Crippen LogP contribution in [0, 0.1) is 0 Å². The molecule has 0 saturated carbocycles. The molecule has 3 aromatic heterocycles. The van der Waals surface area contributed by atoms with Crippen molar-refractivity contribution in [3.63, 3.8) is 0 Å². The number of hydrogen-bond acceptors (Lipinski definition) is 3. The fourth-order valence-corrected chi connectivity index (χ4v) is 5.49. The van der Waals surface area contributed by atoms with Crippen LogP contribution < -0.4 is 0 Å². The van der Waals surface area contributed by atoms with E-state index < -0.39 is 0 Å². The van der Waals surface area contributed by atoms with Crippen molar-refractivity contribution in [1.29, 1.82) is 0 Å². The van der Waals surface area contributed by atoms with Crippen molar-refractivity contribution in [2.45, 2.75) is 0 Å². The van der Waals surface area contributed by atoms with E-state index in [9.17, 15) is 0 Å². The minimum absolute atomic E-state index is 0.924. The molecule has 3 heterocycles. The minimum atomic E-state index is 0.924. The average Bonchev–Trinajstić information content (AvgIpc) is 3.32. The molecule has 0 amide bonds. The Hall–Kier alpha value is -3.76. The van der Waals surface area contributed by atoms with Gasteiger partial charge in [-0.05, 0) is 36.4 Å². The number of benzene rings is 4. The van der Waals surface area contributed by atoms with E-state index in [1.54, 1.807) is 11.3 Å². The predicted molar refractivity (Wildman–Crippen MR) is 127 cm³/mol. The van der Waals surface area contributed by atoms with Crippen LogP contribution in [0.5, 0.6) is 0 Å². The maximum absolute atomic E-state index is 4.99. The molecule has 0 unspecified atom stereocenters. The molecule has 0 aliphatic heterocycles. The smallest absolute Gasteiger partial charge is 0.143 e. The lowest BCUT2D eigenvalue weighted by molar-refractivity contribution is 1.18. The van der Waals surface area contributed by atoms with Crippen LogP contribution in [0.3, 0.4) is 0 Å². The van der Waals surface area contributed by atoms with Crippen molar-refractivity contribution >= 4 is 64.6 Å². The number of thiophene rings is 1. The van der Waals surface area contributed by atoms with Gasteiger partial charge in [0.15, 0.2) is 0 Å². The molecular formula is C26H15N3S. The fraction of sp³-hybridized carbons (Fsp3) is 0. The van der Waals surface area contributed by atoms with Crippen LogP contribution in [0.4, 0.5) is 0 Å². The van der Waals surface area contributed by atoms with E-state index in [0.717, 1.165) is 27.1 Å². The largest absolute Gasteiger partial charge is 0.309 e.